The SMILES string of the molecule is Nc1cccc(C(=O)NCCc2nc(C3CCCCC3)cs2)c1. The molecule has 0 radical (unpaired) electrons. The predicted octanol–water partition coefficient (Wildman–Crippen LogP) is 3.75. The zero-order valence-electron chi connectivity index (χ0n) is 13.3. The van der Waals surface area contributed by atoms with Crippen LogP contribution in [0.25, 0.3) is 0 Å². The Morgan fingerprint density at radius 2 is 2.13 bits per heavy atom. The second kappa shape index (κ2) is 7.59. The van der Waals surface area contributed by atoms with Gasteiger partial charge in [0.15, 0.2) is 0 Å². The predicted molar refractivity (Wildman–Crippen MR) is 94.8 cm³/mol. The number of nitrogens with two attached hydrogens (primary N) is 1. The molecule has 0 bridgehead atoms. The standard InChI is InChI=1S/C18H23N3OS/c19-15-8-4-7-14(11-15)18(22)20-10-9-17-21-16(12-23-17)13-5-2-1-3-6-13/h4,7-8,11-13H,1-3,5-6,9-10,19H2,(H,20,22). The van der Waals surface area contributed by atoms with E-state index in [-0.39, 0.29) is 5.91 Å². The van der Waals surface area contributed by atoms with Crippen LogP contribution in [-0.4, -0.2) is 17.4 Å². The van der Waals surface area contributed by atoms with Crippen molar-refractivity contribution in [3.63, 3.8) is 0 Å². The van der Waals surface area contributed by atoms with Gasteiger partial charge in [0.2, 0.25) is 0 Å². The largest absolute Gasteiger partial charge is 0.399 e. The van der Waals surface area contributed by atoms with Gasteiger partial charge in [0, 0.05) is 35.5 Å². The van der Waals surface area contributed by atoms with Crippen molar-refractivity contribution in [2.24, 2.45) is 0 Å². The van der Waals surface area contributed by atoms with Gasteiger partial charge in [-0.15, -0.1) is 11.3 Å². The summed E-state index contributed by atoms with van der Waals surface area (Å²) in [5.41, 5.74) is 8.17. The average Bonchev–Trinajstić information content (AvgIpc) is 3.04. The quantitative estimate of drug-likeness (QED) is 0.821. The number of carbonyl (C=O) groups is 1. The molecule has 1 aliphatic carbocycles. The minimum Gasteiger partial charge on any atom is -0.399 e. The van der Waals surface area contributed by atoms with Crippen LogP contribution in [0.15, 0.2) is 29.6 Å². The van der Waals surface area contributed by atoms with E-state index < -0.39 is 0 Å². The molecule has 0 spiro atoms. The van der Waals surface area contributed by atoms with E-state index in [2.05, 4.69) is 10.7 Å². The summed E-state index contributed by atoms with van der Waals surface area (Å²) < 4.78 is 0. The van der Waals surface area contributed by atoms with Crippen molar-refractivity contribution in [3.8, 4) is 0 Å². The lowest BCUT2D eigenvalue weighted by molar-refractivity contribution is 0.0954. The van der Waals surface area contributed by atoms with E-state index in [0.717, 1.165) is 11.4 Å². The minimum atomic E-state index is -0.0821. The van der Waals surface area contributed by atoms with Crippen LogP contribution in [0.2, 0.25) is 0 Å². The molecule has 0 saturated heterocycles. The van der Waals surface area contributed by atoms with Crippen LogP contribution in [-0.2, 0) is 6.42 Å². The van der Waals surface area contributed by atoms with Crippen molar-refractivity contribution < 1.29 is 4.79 Å². The molecule has 1 aromatic heterocycles. The molecule has 1 aliphatic rings. The molecular weight excluding hydrogens is 306 g/mol. The maximum absolute atomic E-state index is 12.1. The highest BCUT2D eigenvalue weighted by molar-refractivity contribution is 7.09. The number of aromatic nitrogens is 1. The molecule has 122 valence electrons. The van der Waals surface area contributed by atoms with Crippen molar-refractivity contribution in [1.29, 1.82) is 0 Å². The van der Waals surface area contributed by atoms with Crippen molar-refractivity contribution in [2.45, 2.75) is 44.4 Å². The normalized spacial score (nSPS) is 15.5. The van der Waals surface area contributed by atoms with Gasteiger partial charge < -0.3 is 11.1 Å². The highest BCUT2D eigenvalue weighted by Crippen LogP contribution is 2.33. The highest BCUT2D eigenvalue weighted by Gasteiger charge is 2.18. The van der Waals surface area contributed by atoms with E-state index in [0.29, 0.717) is 23.7 Å². The first-order valence-electron chi connectivity index (χ1n) is 8.30. The van der Waals surface area contributed by atoms with Crippen LogP contribution in [0.3, 0.4) is 0 Å². The summed E-state index contributed by atoms with van der Waals surface area (Å²) in [6.07, 6.45) is 7.35. The van der Waals surface area contributed by atoms with Gasteiger partial charge in [-0.3, -0.25) is 4.79 Å². The van der Waals surface area contributed by atoms with Gasteiger partial charge in [-0.25, -0.2) is 4.98 Å². The summed E-state index contributed by atoms with van der Waals surface area (Å²) >= 11 is 1.71. The Kier molecular flexibility index (Phi) is 5.28. The Hall–Kier alpha value is -1.88. The van der Waals surface area contributed by atoms with Crippen LogP contribution in [0.4, 0.5) is 5.69 Å². The third kappa shape index (κ3) is 4.32. The molecule has 1 fully saturated rings. The summed E-state index contributed by atoms with van der Waals surface area (Å²) in [4.78, 5) is 16.8. The van der Waals surface area contributed by atoms with Crippen LogP contribution >= 0.6 is 11.3 Å². The Balaban J connectivity index is 1.49. The van der Waals surface area contributed by atoms with E-state index in [9.17, 15) is 4.79 Å². The van der Waals surface area contributed by atoms with Crippen LogP contribution in [0, 0.1) is 0 Å². The molecule has 1 heterocycles. The monoisotopic (exact) mass is 329 g/mol. The number of thiazole rings is 1. The molecule has 3 rings (SSSR count). The van der Waals surface area contributed by atoms with Gasteiger partial charge in [-0.2, -0.15) is 0 Å². The molecule has 3 N–H and O–H groups in total. The number of benzene rings is 1. The second-order valence-corrected chi connectivity index (χ2v) is 7.08. The number of amides is 1. The maximum Gasteiger partial charge on any atom is 0.251 e. The number of rotatable bonds is 5. The Bertz CT molecular complexity index is 662. The molecule has 4 nitrogen and oxygen atoms in total. The molecule has 5 heteroatoms. The Morgan fingerprint density at radius 3 is 2.91 bits per heavy atom. The van der Waals surface area contributed by atoms with Crippen LogP contribution < -0.4 is 11.1 Å². The van der Waals surface area contributed by atoms with E-state index >= 15 is 0 Å². The van der Waals surface area contributed by atoms with Gasteiger partial charge in [-0.1, -0.05) is 25.3 Å². The highest BCUT2D eigenvalue weighted by atomic mass is 32.1. The summed E-state index contributed by atoms with van der Waals surface area (Å²) in [5.74, 6) is 0.567. The first kappa shape index (κ1) is 16.0. The number of hydrogen-bond acceptors (Lipinski definition) is 4. The van der Waals surface area contributed by atoms with Crippen LogP contribution in [0.1, 0.15) is 59.1 Å². The van der Waals surface area contributed by atoms with Crippen molar-refractivity contribution in [3.05, 3.63) is 45.9 Å². The molecule has 1 aromatic carbocycles. The summed E-state index contributed by atoms with van der Waals surface area (Å²) in [6, 6.07) is 7.04. The maximum atomic E-state index is 12.1. The fraction of sp³-hybridized carbons (Fsp3) is 0.444. The number of nitrogens with one attached hydrogen (secondary N) is 1. The molecule has 2 aromatic rings. The number of anilines is 1. The number of carbonyl (C=O) groups excluding carboxylic acids is 1. The lowest BCUT2D eigenvalue weighted by Gasteiger charge is -2.19. The minimum absolute atomic E-state index is 0.0821. The van der Waals surface area contributed by atoms with E-state index in [1.165, 1.54) is 37.8 Å². The topological polar surface area (TPSA) is 68.0 Å². The van der Waals surface area contributed by atoms with Crippen molar-refractivity contribution in [1.82, 2.24) is 10.3 Å². The lowest BCUT2D eigenvalue weighted by Crippen LogP contribution is -2.25. The summed E-state index contributed by atoms with van der Waals surface area (Å²) in [5, 5.41) is 6.24. The first-order chi connectivity index (χ1) is 11.2. The zero-order valence-corrected chi connectivity index (χ0v) is 14.1. The lowest BCUT2D eigenvalue weighted by atomic mass is 9.87. The molecular formula is C18H23N3OS. The molecule has 1 amide bonds. The summed E-state index contributed by atoms with van der Waals surface area (Å²) in [7, 11) is 0. The van der Waals surface area contributed by atoms with Crippen molar-refractivity contribution >= 4 is 22.9 Å². The Labute approximate surface area is 141 Å². The van der Waals surface area contributed by atoms with Gasteiger partial charge in [-0.05, 0) is 31.0 Å². The smallest absolute Gasteiger partial charge is 0.251 e. The van der Waals surface area contributed by atoms with Crippen LogP contribution in [0.5, 0.6) is 0 Å². The third-order valence-corrected chi connectivity index (χ3v) is 5.29. The van der Waals surface area contributed by atoms with E-state index in [4.69, 9.17) is 10.7 Å². The molecule has 0 atom stereocenters. The molecule has 23 heavy (non-hydrogen) atoms. The van der Waals surface area contributed by atoms with E-state index in [1.807, 2.05) is 0 Å². The van der Waals surface area contributed by atoms with Gasteiger partial charge >= 0.3 is 0 Å². The second-order valence-electron chi connectivity index (χ2n) is 6.13. The summed E-state index contributed by atoms with van der Waals surface area (Å²) in [6.45, 7) is 0.602. The number of hydrogen-bond donors (Lipinski definition) is 2. The third-order valence-electron chi connectivity index (χ3n) is 4.37. The number of nitrogen functional groups attached to an aromatic ring is 1. The molecule has 0 aliphatic heterocycles. The zero-order chi connectivity index (χ0) is 16.1. The van der Waals surface area contributed by atoms with Gasteiger partial charge in [0.25, 0.3) is 5.91 Å². The van der Waals surface area contributed by atoms with Gasteiger partial charge in [0.05, 0.1) is 10.7 Å². The fourth-order valence-electron chi connectivity index (χ4n) is 3.09. The molecule has 0 unspecified atom stereocenters. The first-order valence-corrected chi connectivity index (χ1v) is 9.18. The van der Waals surface area contributed by atoms with Gasteiger partial charge in [0.1, 0.15) is 0 Å². The number of nitrogens with zero attached hydrogens (tertiary/aromatic N) is 1. The fourth-order valence-corrected chi connectivity index (χ4v) is 3.97. The Morgan fingerprint density at radius 1 is 1.30 bits per heavy atom. The van der Waals surface area contributed by atoms with E-state index in [1.54, 1.807) is 35.6 Å². The molecule has 1 saturated carbocycles. The van der Waals surface area contributed by atoms with Crippen molar-refractivity contribution in [2.75, 3.05) is 12.3 Å². The average molecular weight is 329 g/mol.